The molecule has 1 fully saturated rings. The van der Waals surface area contributed by atoms with Crippen LogP contribution in [0.3, 0.4) is 0 Å². The Morgan fingerprint density at radius 3 is 2.65 bits per heavy atom. The van der Waals surface area contributed by atoms with Gasteiger partial charge in [0.25, 0.3) is 0 Å². The van der Waals surface area contributed by atoms with E-state index in [1.807, 2.05) is 0 Å². The van der Waals surface area contributed by atoms with Gasteiger partial charge in [0.1, 0.15) is 0 Å². The number of aromatic amines is 1. The Kier molecular flexibility index (Phi) is 1.91. The van der Waals surface area contributed by atoms with E-state index in [1.54, 1.807) is 0 Å². The summed E-state index contributed by atoms with van der Waals surface area (Å²) in [6, 6.07) is 13.3. The summed E-state index contributed by atoms with van der Waals surface area (Å²) in [6.45, 7) is 0. The fourth-order valence-corrected chi connectivity index (χ4v) is 4.79. The average molecular weight is 295 g/mol. The van der Waals surface area contributed by atoms with Gasteiger partial charge in [-0.05, 0) is 35.7 Å². The van der Waals surface area contributed by atoms with Crippen LogP contribution in [0.4, 0.5) is 0 Å². The van der Waals surface area contributed by atoms with Crippen molar-refractivity contribution in [2.75, 3.05) is 0 Å². The van der Waals surface area contributed by atoms with E-state index in [2.05, 4.69) is 77.8 Å². The van der Waals surface area contributed by atoms with E-state index in [9.17, 15) is 0 Å². The Labute approximate surface area is 135 Å². The lowest BCUT2D eigenvalue weighted by Crippen LogP contribution is -2.17. The molecule has 2 unspecified atom stereocenters. The van der Waals surface area contributed by atoms with Crippen molar-refractivity contribution >= 4 is 27.8 Å². The number of hydrogen-bond donors (Lipinski definition) is 1. The van der Waals surface area contributed by atoms with Crippen molar-refractivity contribution in [3.05, 3.63) is 78.0 Å². The number of aromatic nitrogens is 1. The first kappa shape index (κ1) is 12.0. The van der Waals surface area contributed by atoms with E-state index < -0.39 is 0 Å². The number of nitrogens with one attached hydrogen (secondary N) is 1. The molecule has 1 heteroatoms. The number of benzene rings is 2. The molecule has 110 valence electrons. The Balaban J connectivity index is 1.71. The van der Waals surface area contributed by atoms with E-state index in [4.69, 9.17) is 0 Å². The summed E-state index contributed by atoms with van der Waals surface area (Å²) in [5, 5.41) is 3.97. The number of fused-ring (bicyclic) bond motifs is 4. The van der Waals surface area contributed by atoms with Gasteiger partial charge in [0.15, 0.2) is 0 Å². The molecule has 0 bridgehead atoms. The topological polar surface area (TPSA) is 15.8 Å². The molecule has 23 heavy (non-hydrogen) atoms. The Bertz CT molecular complexity index is 1080. The molecule has 6 rings (SSSR count). The molecule has 1 saturated carbocycles. The van der Waals surface area contributed by atoms with Crippen molar-refractivity contribution in [2.45, 2.75) is 18.3 Å². The zero-order valence-electron chi connectivity index (χ0n) is 12.8. The van der Waals surface area contributed by atoms with Crippen LogP contribution < -0.4 is 0 Å². The molecule has 2 atom stereocenters. The third kappa shape index (κ3) is 1.30. The second-order valence-corrected chi connectivity index (χ2v) is 7.22. The van der Waals surface area contributed by atoms with E-state index in [1.165, 1.54) is 39.4 Å². The van der Waals surface area contributed by atoms with Gasteiger partial charge in [-0.2, -0.15) is 0 Å². The third-order valence-corrected chi connectivity index (χ3v) is 6.07. The van der Waals surface area contributed by atoms with Crippen LogP contribution in [0, 0.1) is 5.41 Å². The summed E-state index contributed by atoms with van der Waals surface area (Å²) in [6.07, 6.45) is 16.5. The molecule has 0 amide bonds. The highest BCUT2D eigenvalue weighted by Gasteiger charge is 2.66. The van der Waals surface area contributed by atoms with Crippen molar-refractivity contribution in [1.29, 1.82) is 0 Å². The maximum Gasteiger partial charge on any atom is 0.0469 e. The second-order valence-electron chi connectivity index (χ2n) is 7.22. The largest absolute Gasteiger partial charge is 0.357 e. The normalized spacial score (nSPS) is 30.1. The van der Waals surface area contributed by atoms with Crippen LogP contribution in [0.25, 0.3) is 27.8 Å². The van der Waals surface area contributed by atoms with Crippen LogP contribution in [0.2, 0.25) is 0 Å². The van der Waals surface area contributed by atoms with Crippen molar-refractivity contribution in [1.82, 2.24) is 4.98 Å². The molecule has 1 nitrogen and oxygen atoms in total. The lowest BCUT2D eigenvalue weighted by Gasteiger charge is -2.21. The van der Waals surface area contributed by atoms with Gasteiger partial charge in [0, 0.05) is 33.0 Å². The Hall–Kier alpha value is -2.54. The molecule has 0 saturated heterocycles. The molecule has 1 heterocycles. The Morgan fingerprint density at radius 2 is 1.74 bits per heavy atom. The summed E-state index contributed by atoms with van der Waals surface area (Å²) in [5.41, 5.74) is 4.44. The molecule has 3 aromatic rings. The summed E-state index contributed by atoms with van der Waals surface area (Å²) in [7, 11) is 0. The highest BCUT2D eigenvalue weighted by molar-refractivity contribution is 6.02. The van der Waals surface area contributed by atoms with Crippen LogP contribution in [0.5, 0.6) is 0 Å². The fraction of sp³-hybridized carbons (Fsp3) is 0.182. The van der Waals surface area contributed by atoms with Crippen LogP contribution in [0.1, 0.15) is 24.1 Å². The minimum absolute atomic E-state index is 0.162. The van der Waals surface area contributed by atoms with Crippen molar-refractivity contribution in [3.63, 3.8) is 0 Å². The first-order valence-corrected chi connectivity index (χ1v) is 8.41. The van der Waals surface area contributed by atoms with E-state index in [0.29, 0.717) is 0 Å². The van der Waals surface area contributed by atoms with Gasteiger partial charge in [0.05, 0.1) is 0 Å². The smallest absolute Gasteiger partial charge is 0.0469 e. The van der Waals surface area contributed by atoms with Crippen LogP contribution in [-0.4, -0.2) is 4.98 Å². The molecule has 1 N–H and O–H groups in total. The maximum atomic E-state index is 3.78. The lowest BCUT2D eigenvalue weighted by molar-refractivity contribution is 0.685. The van der Waals surface area contributed by atoms with Gasteiger partial charge in [0.2, 0.25) is 0 Å². The standard InChI is InChI=1S/C22H17N/c1-4-9-21-11-8-17-18-12-15-6-2-3-7-16(15)13-19(18)23-20(17)22(21,14-21)10-5-1/h2-13,23H,1,14H2. The molecule has 0 spiro atoms. The van der Waals surface area contributed by atoms with Crippen molar-refractivity contribution in [3.8, 4) is 0 Å². The van der Waals surface area contributed by atoms with Gasteiger partial charge in [-0.15, -0.1) is 0 Å². The zero-order chi connectivity index (χ0) is 15.1. The van der Waals surface area contributed by atoms with E-state index >= 15 is 0 Å². The summed E-state index contributed by atoms with van der Waals surface area (Å²) in [5.74, 6) is 0. The van der Waals surface area contributed by atoms with Gasteiger partial charge < -0.3 is 4.98 Å². The minimum atomic E-state index is 0.162. The molecule has 2 aromatic carbocycles. The van der Waals surface area contributed by atoms with E-state index in [-0.39, 0.29) is 10.8 Å². The van der Waals surface area contributed by atoms with Crippen LogP contribution in [-0.2, 0) is 5.41 Å². The van der Waals surface area contributed by atoms with Crippen molar-refractivity contribution < 1.29 is 0 Å². The SMILES string of the molecule is C1=CC23C=Cc4c([nH]c5cc6ccccc6cc45)C2(C=CC1)C3. The molecule has 1 aromatic heterocycles. The molecular weight excluding hydrogens is 278 g/mol. The molecule has 0 aliphatic heterocycles. The van der Waals surface area contributed by atoms with Crippen molar-refractivity contribution in [2.24, 2.45) is 5.41 Å². The predicted molar refractivity (Wildman–Crippen MR) is 96.5 cm³/mol. The highest BCUT2D eigenvalue weighted by Crippen LogP contribution is 2.70. The quantitative estimate of drug-likeness (QED) is 0.528. The number of rotatable bonds is 0. The van der Waals surface area contributed by atoms with Gasteiger partial charge in [-0.25, -0.2) is 0 Å². The highest BCUT2D eigenvalue weighted by atomic mass is 14.8. The molecule has 0 radical (unpaired) electrons. The van der Waals surface area contributed by atoms with E-state index in [0.717, 1.165) is 6.42 Å². The minimum Gasteiger partial charge on any atom is -0.357 e. The first-order valence-electron chi connectivity index (χ1n) is 8.41. The summed E-state index contributed by atoms with van der Waals surface area (Å²) >= 11 is 0. The third-order valence-electron chi connectivity index (χ3n) is 6.07. The number of H-pyrrole nitrogens is 1. The first-order chi connectivity index (χ1) is 11.3. The summed E-state index contributed by atoms with van der Waals surface area (Å²) < 4.78 is 0. The number of hydrogen-bond acceptors (Lipinski definition) is 0. The maximum absolute atomic E-state index is 3.78. The van der Waals surface area contributed by atoms with Crippen LogP contribution >= 0.6 is 0 Å². The summed E-state index contributed by atoms with van der Waals surface area (Å²) in [4.78, 5) is 3.78. The molecule has 3 aliphatic rings. The number of allylic oxidation sites excluding steroid dienone is 5. The van der Waals surface area contributed by atoms with Crippen LogP contribution in [0.15, 0.2) is 66.8 Å². The fourth-order valence-electron chi connectivity index (χ4n) is 4.79. The molecule has 3 aliphatic carbocycles. The molecular formula is C22H17N. The zero-order valence-corrected chi connectivity index (χ0v) is 12.8. The average Bonchev–Trinajstić information content (AvgIpc) is 3.15. The second kappa shape index (κ2) is 3.68. The lowest BCUT2D eigenvalue weighted by atomic mass is 9.83. The van der Waals surface area contributed by atoms with Gasteiger partial charge >= 0.3 is 0 Å². The van der Waals surface area contributed by atoms with Gasteiger partial charge in [-0.3, -0.25) is 0 Å². The Morgan fingerprint density at radius 1 is 0.913 bits per heavy atom. The predicted octanol–water partition coefficient (Wildman–Crippen LogP) is 5.49. The van der Waals surface area contributed by atoms with Gasteiger partial charge in [-0.1, -0.05) is 60.7 Å². The monoisotopic (exact) mass is 295 g/mol.